The minimum atomic E-state index is -2.07. The largest absolute Gasteiger partial charge is 0.349 e. The van der Waals surface area contributed by atoms with Crippen molar-refractivity contribution in [1.82, 2.24) is 4.90 Å². The Morgan fingerprint density at radius 2 is 1.52 bits per heavy atom. The highest BCUT2D eigenvalue weighted by Gasteiger charge is 2.75. The Hall–Kier alpha value is -2.54. The molecule has 0 aromatic heterocycles. The standard InChI is InChI=1S/C25H19Cl2NO5/c26-12-9-10-16(17(27)11-12)20-18-19(24(32)28(23(18)31)13-5-1-2-6-13)25(33-20)21(29)14-7-3-4-8-15(14)22(25)30/h3-4,7-11,13,18-20H,1-2,5-6H2/t18-,19+,20-/m0/s1. The molecular formula is C25H19Cl2NO5. The highest BCUT2D eigenvalue weighted by Crippen LogP contribution is 2.58. The van der Waals surface area contributed by atoms with E-state index < -0.39 is 46.9 Å². The van der Waals surface area contributed by atoms with Crippen molar-refractivity contribution in [2.24, 2.45) is 11.8 Å². The van der Waals surface area contributed by atoms with Crippen molar-refractivity contribution in [3.05, 3.63) is 69.2 Å². The first-order chi connectivity index (χ1) is 15.9. The summed E-state index contributed by atoms with van der Waals surface area (Å²) in [4.78, 5) is 56.2. The lowest BCUT2D eigenvalue weighted by Crippen LogP contribution is -2.51. The van der Waals surface area contributed by atoms with E-state index in [1.807, 2.05) is 0 Å². The molecule has 0 bridgehead atoms. The van der Waals surface area contributed by atoms with Crippen LogP contribution in [0.5, 0.6) is 0 Å². The van der Waals surface area contributed by atoms with Gasteiger partial charge in [-0.15, -0.1) is 0 Å². The molecule has 2 amide bonds. The molecule has 168 valence electrons. The number of halogens is 2. The molecule has 2 heterocycles. The third-order valence-electron chi connectivity index (χ3n) is 7.51. The number of carbonyl (C=O) groups excluding carboxylic acids is 4. The predicted molar refractivity (Wildman–Crippen MR) is 119 cm³/mol. The molecule has 2 aliphatic heterocycles. The molecule has 3 fully saturated rings. The van der Waals surface area contributed by atoms with Crippen molar-refractivity contribution < 1.29 is 23.9 Å². The summed E-state index contributed by atoms with van der Waals surface area (Å²) < 4.78 is 6.25. The van der Waals surface area contributed by atoms with E-state index in [4.69, 9.17) is 27.9 Å². The summed E-state index contributed by atoms with van der Waals surface area (Å²) in [6, 6.07) is 11.0. The van der Waals surface area contributed by atoms with Crippen molar-refractivity contribution in [2.45, 2.75) is 43.4 Å². The average molecular weight is 484 g/mol. The van der Waals surface area contributed by atoms with Crippen molar-refractivity contribution in [2.75, 3.05) is 0 Å². The van der Waals surface area contributed by atoms with E-state index in [9.17, 15) is 19.2 Å². The molecule has 0 N–H and O–H groups in total. The molecule has 4 aliphatic rings. The third-order valence-corrected chi connectivity index (χ3v) is 8.07. The molecule has 1 spiro atoms. The van der Waals surface area contributed by atoms with Crippen LogP contribution >= 0.6 is 23.2 Å². The molecule has 1 saturated carbocycles. The van der Waals surface area contributed by atoms with Crippen LogP contribution in [0.15, 0.2) is 42.5 Å². The molecule has 0 unspecified atom stereocenters. The van der Waals surface area contributed by atoms with E-state index in [2.05, 4.69) is 0 Å². The van der Waals surface area contributed by atoms with Gasteiger partial charge < -0.3 is 4.74 Å². The van der Waals surface area contributed by atoms with Crippen molar-refractivity contribution in [1.29, 1.82) is 0 Å². The van der Waals surface area contributed by atoms with Gasteiger partial charge in [0, 0.05) is 32.8 Å². The zero-order valence-corrected chi connectivity index (χ0v) is 18.9. The maximum Gasteiger partial charge on any atom is 0.237 e. The molecule has 2 saturated heterocycles. The van der Waals surface area contributed by atoms with Crippen molar-refractivity contribution >= 4 is 46.6 Å². The minimum Gasteiger partial charge on any atom is -0.349 e. The van der Waals surface area contributed by atoms with Crippen LogP contribution in [0.3, 0.4) is 0 Å². The van der Waals surface area contributed by atoms with Crippen LogP contribution in [-0.4, -0.2) is 39.9 Å². The Bertz CT molecular complexity index is 1220. The van der Waals surface area contributed by atoms with Gasteiger partial charge in [-0.3, -0.25) is 24.1 Å². The van der Waals surface area contributed by atoms with E-state index >= 15 is 0 Å². The van der Waals surface area contributed by atoms with Crippen LogP contribution in [-0.2, 0) is 14.3 Å². The van der Waals surface area contributed by atoms with E-state index in [-0.39, 0.29) is 22.2 Å². The zero-order chi connectivity index (χ0) is 23.1. The number of carbonyl (C=O) groups is 4. The average Bonchev–Trinajstić information content (AvgIpc) is 3.53. The van der Waals surface area contributed by atoms with Crippen LogP contribution in [0.4, 0.5) is 0 Å². The fourth-order valence-corrected chi connectivity index (χ4v) is 6.59. The second-order valence-electron chi connectivity index (χ2n) is 9.13. The van der Waals surface area contributed by atoms with Gasteiger partial charge in [0.25, 0.3) is 0 Å². The summed E-state index contributed by atoms with van der Waals surface area (Å²) >= 11 is 12.5. The molecule has 0 radical (unpaired) electrons. The van der Waals surface area contributed by atoms with E-state index in [1.54, 1.807) is 36.4 Å². The Balaban J connectivity index is 1.54. The number of amides is 2. The number of Topliss-reactive ketones (excluding diaryl/α,β-unsaturated/α-hetero) is 2. The summed E-state index contributed by atoms with van der Waals surface area (Å²) in [6.07, 6.45) is 2.27. The molecule has 33 heavy (non-hydrogen) atoms. The number of likely N-dealkylation sites (tertiary alicyclic amines) is 1. The quantitative estimate of drug-likeness (QED) is 0.466. The summed E-state index contributed by atoms with van der Waals surface area (Å²) in [5, 5.41) is 0.646. The molecule has 3 atom stereocenters. The first-order valence-corrected chi connectivity index (χ1v) is 11.8. The SMILES string of the molecule is O=C1[C@@H]2[C@H](c3ccc(Cl)cc3Cl)OC3(C(=O)c4ccccc4C3=O)[C@H]2C(=O)N1C1CCCC1. The van der Waals surface area contributed by atoms with Gasteiger partial charge in [0.2, 0.25) is 29.0 Å². The number of hydrogen-bond donors (Lipinski definition) is 0. The lowest BCUT2D eigenvalue weighted by molar-refractivity contribution is -0.147. The highest BCUT2D eigenvalue weighted by molar-refractivity contribution is 6.36. The number of rotatable bonds is 2. The van der Waals surface area contributed by atoms with Crippen LogP contribution in [0, 0.1) is 11.8 Å². The topological polar surface area (TPSA) is 80.8 Å². The van der Waals surface area contributed by atoms with Gasteiger partial charge in [-0.05, 0) is 25.0 Å². The summed E-state index contributed by atoms with van der Waals surface area (Å²) in [6.45, 7) is 0. The number of fused-ring (bicyclic) bond motifs is 3. The normalized spacial score (nSPS) is 28.3. The van der Waals surface area contributed by atoms with Gasteiger partial charge in [0.15, 0.2) is 0 Å². The molecule has 2 aromatic carbocycles. The second-order valence-corrected chi connectivity index (χ2v) is 9.98. The number of ether oxygens (including phenoxy) is 1. The molecule has 6 nitrogen and oxygen atoms in total. The lowest BCUT2D eigenvalue weighted by atomic mass is 9.77. The van der Waals surface area contributed by atoms with E-state index in [0.717, 1.165) is 25.7 Å². The lowest BCUT2D eigenvalue weighted by Gasteiger charge is -2.29. The maximum atomic E-state index is 13.8. The van der Waals surface area contributed by atoms with Crippen LogP contribution in [0.2, 0.25) is 10.0 Å². The first-order valence-electron chi connectivity index (χ1n) is 11.0. The fourth-order valence-electron chi connectivity index (χ4n) is 6.08. The van der Waals surface area contributed by atoms with E-state index in [0.29, 0.717) is 10.6 Å². The van der Waals surface area contributed by atoms with E-state index in [1.165, 1.54) is 11.0 Å². The fraction of sp³-hybridized carbons (Fsp3) is 0.360. The highest BCUT2D eigenvalue weighted by atomic mass is 35.5. The monoisotopic (exact) mass is 483 g/mol. The minimum absolute atomic E-state index is 0.212. The van der Waals surface area contributed by atoms with Gasteiger partial charge in [-0.25, -0.2) is 0 Å². The molecule has 6 rings (SSSR count). The smallest absolute Gasteiger partial charge is 0.237 e. The van der Waals surface area contributed by atoms with Gasteiger partial charge in [-0.2, -0.15) is 0 Å². The van der Waals surface area contributed by atoms with Gasteiger partial charge >= 0.3 is 0 Å². The number of ketones is 2. The molecule has 8 heteroatoms. The van der Waals surface area contributed by atoms with Crippen LogP contribution < -0.4 is 0 Å². The Labute approximate surface area is 199 Å². The summed E-state index contributed by atoms with van der Waals surface area (Å²) in [5.41, 5.74) is -1.21. The Morgan fingerprint density at radius 1 is 0.879 bits per heavy atom. The van der Waals surface area contributed by atoms with Crippen LogP contribution in [0.25, 0.3) is 0 Å². The van der Waals surface area contributed by atoms with Crippen LogP contribution in [0.1, 0.15) is 58.1 Å². The third kappa shape index (κ3) is 2.66. The summed E-state index contributed by atoms with van der Waals surface area (Å²) in [7, 11) is 0. The predicted octanol–water partition coefficient (Wildman–Crippen LogP) is 4.43. The molecule has 2 aliphatic carbocycles. The maximum absolute atomic E-state index is 13.8. The number of nitrogens with zero attached hydrogens (tertiary/aromatic N) is 1. The van der Waals surface area contributed by atoms with Crippen molar-refractivity contribution in [3.63, 3.8) is 0 Å². The van der Waals surface area contributed by atoms with Gasteiger partial charge in [-0.1, -0.05) is 66.4 Å². The Morgan fingerprint density at radius 3 is 2.12 bits per heavy atom. The van der Waals surface area contributed by atoms with Gasteiger partial charge in [0.05, 0.1) is 17.9 Å². The molecule has 2 aromatic rings. The van der Waals surface area contributed by atoms with Gasteiger partial charge in [0.1, 0.15) is 0 Å². The number of benzene rings is 2. The first kappa shape index (κ1) is 21.0. The van der Waals surface area contributed by atoms with Crippen molar-refractivity contribution in [3.8, 4) is 0 Å². The molecular weight excluding hydrogens is 465 g/mol. The second kappa shape index (κ2) is 7.23. The number of imide groups is 1. The summed E-state index contributed by atoms with van der Waals surface area (Å²) in [5.74, 6) is -4.28. The Kier molecular flexibility index (Phi) is 4.60. The number of hydrogen-bond acceptors (Lipinski definition) is 5. The zero-order valence-electron chi connectivity index (χ0n) is 17.4.